The first kappa shape index (κ1) is 23.1. The number of carbonyl (C=O) groups excluding carboxylic acids is 1. The van der Waals surface area contributed by atoms with Crippen molar-refractivity contribution in [1.82, 2.24) is 9.80 Å². The first-order valence-corrected chi connectivity index (χ1v) is 10.9. The molecule has 1 aliphatic rings. The van der Waals surface area contributed by atoms with E-state index in [2.05, 4.69) is 27.2 Å². The number of rotatable bonds is 10. The average Bonchev–Trinajstić information content (AvgIpc) is 2.76. The average molecular weight is 428 g/mol. The van der Waals surface area contributed by atoms with Crippen molar-refractivity contribution >= 4 is 11.6 Å². The van der Waals surface area contributed by atoms with Crippen LogP contribution < -0.4 is 14.8 Å². The van der Waals surface area contributed by atoms with Crippen LogP contribution in [0.4, 0.5) is 5.69 Å². The summed E-state index contributed by atoms with van der Waals surface area (Å²) < 4.78 is 11.2. The van der Waals surface area contributed by atoms with E-state index in [-0.39, 0.29) is 12.5 Å². The molecule has 0 radical (unpaired) electrons. The van der Waals surface area contributed by atoms with Crippen molar-refractivity contribution in [2.45, 2.75) is 26.5 Å². The molecule has 1 unspecified atom stereocenters. The first-order valence-electron chi connectivity index (χ1n) is 10.9. The van der Waals surface area contributed by atoms with Crippen LogP contribution in [0.5, 0.6) is 11.5 Å². The molecule has 1 fully saturated rings. The third-order valence-corrected chi connectivity index (χ3v) is 5.19. The second-order valence-corrected chi connectivity index (χ2v) is 7.82. The number of carbonyl (C=O) groups is 1. The molecule has 2 N–H and O–H groups in total. The Morgan fingerprint density at radius 2 is 1.55 bits per heavy atom. The Balaban J connectivity index is 1.34. The molecular formula is C24H33N3O4. The third kappa shape index (κ3) is 7.86. The standard InChI is InChI=1S/C24H33N3O4/c1-3-30-23-8-4-20(5-9-23)16-26-12-14-27(15-13-26)17-22(29)18-31-24-10-6-21(7-11-24)25-19(2)28/h4-11,22,29H,3,12-18H2,1-2H3,(H,25,28). The first-order chi connectivity index (χ1) is 15.0. The van der Waals surface area contributed by atoms with Crippen LogP contribution in [0.2, 0.25) is 0 Å². The van der Waals surface area contributed by atoms with E-state index >= 15 is 0 Å². The molecule has 1 saturated heterocycles. The van der Waals surface area contributed by atoms with Crippen LogP contribution in [0.3, 0.4) is 0 Å². The fourth-order valence-corrected chi connectivity index (χ4v) is 3.63. The number of β-amino-alcohol motifs (C(OH)–C–C–N with tert-alkyl or cyclic N) is 1. The lowest BCUT2D eigenvalue weighted by Crippen LogP contribution is -2.48. The van der Waals surface area contributed by atoms with Crippen molar-refractivity contribution in [1.29, 1.82) is 0 Å². The van der Waals surface area contributed by atoms with E-state index in [0.717, 1.165) is 44.2 Å². The molecule has 7 heteroatoms. The second-order valence-electron chi connectivity index (χ2n) is 7.82. The number of hydrogen-bond donors (Lipinski definition) is 2. The topological polar surface area (TPSA) is 74.3 Å². The van der Waals surface area contributed by atoms with Gasteiger partial charge in [0.15, 0.2) is 0 Å². The van der Waals surface area contributed by atoms with Crippen molar-refractivity contribution in [2.75, 3.05) is 51.3 Å². The van der Waals surface area contributed by atoms with Crippen LogP contribution in [0.1, 0.15) is 19.4 Å². The second kappa shape index (κ2) is 11.7. The Kier molecular flexibility index (Phi) is 8.70. The lowest BCUT2D eigenvalue weighted by molar-refractivity contribution is -0.114. The Morgan fingerprint density at radius 3 is 2.16 bits per heavy atom. The molecule has 1 aliphatic heterocycles. The van der Waals surface area contributed by atoms with Gasteiger partial charge in [-0.1, -0.05) is 12.1 Å². The van der Waals surface area contributed by atoms with Gasteiger partial charge in [0, 0.05) is 51.9 Å². The fraction of sp³-hybridized carbons (Fsp3) is 0.458. The van der Waals surface area contributed by atoms with E-state index in [9.17, 15) is 9.90 Å². The van der Waals surface area contributed by atoms with Gasteiger partial charge in [-0.15, -0.1) is 0 Å². The van der Waals surface area contributed by atoms with Gasteiger partial charge in [-0.3, -0.25) is 14.6 Å². The smallest absolute Gasteiger partial charge is 0.221 e. The number of anilines is 1. The molecule has 0 bridgehead atoms. The Morgan fingerprint density at radius 1 is 0.968 bits per heavy atom. The number of ether oxygens (including phenoxy) is 2. The van der Waals surface area contributed by atoms with Crippen molar-refractivity contribution in [2.24, 2.45) is 0 Å². The molecule has 2 aromatic carbocycles. The van der Waals surface area contributed by atoms with Gasteiger partial charge in [0.1, 0.15) is 24.2 Å². The summed E-state index contributed by atoms with van der Waals surface area (Å²) in [6.07, 6.45) is -0.548. The zero-order valence-corrected chi connectivity index (χ0v) is 18.4. The maximum atomic E-state index is 11.1. The lowest BCUT2D eigenvalue weighted by atomic mass is 10.2. The van der Waals surface area contributed by atoms with Gasteiger partial charge in [0.2, 0.25) is 5.91 Å². The van der Waals surface area contributed by atoms with Crippen LogP contribution >= 0.6 is 0 Å². The van der Waals surface area contributed by atoms with Gasteiger partial charge in [-0.25, -0.2) is 0 Å². The molecule has 1 heterocycles. The molecule has 0 aromatic heterocycles. The summed E-state index contributed by atoms with van der Waals surface area (Å²) in [5, 5.41) is 13.1. The summed E-state index contributed by atoms with van der Waals surface area (Å²) in [6, 6.07) is 15.5. The Hall–Kier alpha value is -2.61. The minimum absolute atomic E-state index is 0.108. The summed E-state index contributed by atoms with van der Waals surface area (Å²) in [4.78, 5) is 15.8. The van der Waals surface area contributed by atoms with E-state index < -0.39 is 6.10 Å². The summed E-state index contributed by atoms with van der Waals surface area (Å²) in [5.41, 5.74) is 2.01. The highest BCUT2D eigenvalue weighted by molar-refractivity contribution is 5.88. The predicted octanol–water partition coefficient (Wildman–Crippen LogP) is 2.60. The van der Waals surface area contributed by atoms with Crippen LogP contribution in [0.15, 0.2) is 48.5 Å². The minimum atomic E-state index is -0.548. The highest BCUT2D eigenvalue weighted by Gasteiger charge is 2.19. The normalized spacial score (nSPS) is 16.0. The van der Waals surface area contributed by atoms with Crippen LogP contribution in [-0.2, 0) is 11.3 Å². The molecule has 2 aromatic rings. The maximum absolute atomic E-state index is 11.1. The van der Waals surface area contributed by atoms with Crippen LogP contribution in [0.25, 0.3) is 0 Å². The van der Waals surface area contributed by atoms with Crippen molar-refractivity contribution < 1.29 is 19.4 Å². The number of nitrogens with one attached hydrogen (secondary N) is 1. The minimum Gasteiger partial charge on any atom is -0.494 e. The fourth-order valence-electron chi connectivity index (χ4n) is 3.63. The van der Waals surface area contributed by atoms with Crippen molar-refractivity contribution in [3.8, 4) is 11.5 Å². The summed E-state index contributed by atoms with van der Waals surface area (Å²) in [7, 11) is 0. The molecule has 3 rings (SSSR count). The van der Waals surface area contributed by atoms with E-state index in [4.69, 9.17) is 9.47 Å². The summed E-state index contributed by atoms with van der Waals surface area (Å²) in [5.74, 6) is 1.48. The largest absolute Gasteiger partial charge is 0.494 e. The van der Waals surface area contributed by atoms with Gasteiger partial charge in [-0.2, -0.15) is 0 Å². The Bertz CT molecular complexity index is 803. The Labute approximate surface area is 184 Å². The maximum Gasteiger partial charge on any atom is 0.221 e. The molecule has 0 spiro atoms. The SMILES string of the molecule is CCOc1ccc(CN2CCN(CC(O)COc3ccc(NC(C)=O)cc3)CC2)cc1. The zero-order chi connectivity index (χ0) is 22.1. The monoisotopic (exact) mass is 427 g/mol. The number of benzene rings is 2. The van der Waals surface area contributed by atoms with Crippen molar-refractivity contribution in [3.63, 3.8) is 0 Å². The van der Waals surface area contributed by atoms with E-state index in [1.807, 2.05) is 19.1 Å². The molecule has 0 saturated carbocycles. The number of aliphatic hydroxyl groups excluding tert-OH is 1. The van der Waals surface area contributed by atoms with Gasteiger partial charge < -0.3 is 19.9 Å². The van der Waals surface area contributed by atoms with Crippen molar-refractivity contribution in [3.05, 3.63) is 54.1 Å². The number of hydrogen-bond acceptors (Lipinski definition) is 6. The molecule has 7 nitrogen and oxygen atoms in total. The number of piperazine rings is 1. The summed E-state index contributed by atoms with van der Waals surface area (Å²) >= 11 is 0. The third-order valence-electron chi connectivity index (χ3n) is 5.19. The molecule has 1 atom stereocenters. The summed E-state index contributed by atoms with van der Waals surface area (Å²) in [6.45, 7) is 9.73. The number of amides is 1. The number of nitrogens with zero attached hydrogens (tertiary/aromatic N) is 2. The van der Waals surface area contributed by atoms with Gasteiger partial charge in [0.05, 0.1) is 6.61 Å². The highest BCUT2D eigenvalue weighted by Crippen LogP contribution is 2.17. The molecular weight excluding hydrogens is 394 g/mol. The van der Waals surface area contributed by atoms with Gasteiger partial charge >= 0.3 is 0 Å². The highest BCUT2D eigenvalue weighted by atomic mass is 16.5. The van der Waals surface area contributed by atoms with Crippen LogP contribution in [0, 0.1) is 0 Å². The van der Waals surface area contributed by atoms with Gasteiger partial charge in [-0.05, 0) is 48.9 Å². The quantitative estimate of drug-likeness (QED) is 0.607. The molecule has 0 aliphatic carbocycles. The van der Waals surface area contributed by atoms with E-state index in [1.165, 1.54) is 12.5 Å². The number of aliphatic hydroxyl groups is 1. The molecule has 31 heavy (non-hydrogen) atoms. The predicted molar refractivity (Wildman–Crippen MR) is 122 cm³/mol. The molecule has 168 valence electrons. The van der Waals surface area contributed by atoms with E-state index in [0.29, 0.717) is 18.9 Å². The van der Waals surface area contributed by atoms with E-state index in [1.54, 1.807) is 24.3 Å². The zero-order valence-electron chi connectivity index (χ0n) is 18.4. The molecule has 1 amide bonds. The van der Waals surface area contributed by atoms with Crippen LogP contribution in [-0.4, -0.2) is 72.9 Å². The van der Waals surface area contributed by atoms with Gasteiger partial charge in [0.25, 0.3) is 0 Å². The lowest BCUT2D eigenvalue weighted by Gasteiger charge is -2.35.